The first kappa shape index (κ1) is 81.4. The van der Waals surface area contributed by atoms with E-state index in [-0.39, 0.29) is 71.3 Å². The summed E-state index contributed by atoms with van der Waals surface area (Å²) >= 11 is 24.4. The summed E-state index contributed by atoms with van der Waals surface area (Å²) in [6.45, 7) is 11.8. The molecule has 12 heterocycles. The number of nitrogens with zero attached hydrogens (tertiary/aromatic N) is 5. The summed E-state index contributed by atoms with van der Waals surface area (Å²) in [6, 6.07) is 27.7. The lowest BCUT2D eigenvalue weighted by Crippen LogP contribution is -2.32. The minimum absolute atomic E-state index is 0.0116. The van der Waals surface area contributed by atoms with Crippen molar-refractivity contribution in [1.29, 1.82) is 0 Å². The zero-order valence-corrected chi connectivity index (χ0v) is 67.0. The molecule has 13 amide bonds. The van der Waals surface area contributed by atoms with Crippen molar-refractivity contribution in [2.45, 2.75) is 95.0 Å². The number of fused-ring (bicyclic) bond motifs is 6. The van der Waals surface area contributed by atoms with E-state index in [0.717, 1.165) is 119 Å². The molecule has 6 aromatic carbocycles. The van der Waals surface area contributed by atoms with Crippen LogP contribution in [0.5, 0.6) is 5.75 Å². The van der Waals surface area contributed by atoms with Crippen molar-refractivity contribution < 1.29 is 57.1 Å². The van der Waals surface area contributed by atoms with Gasteiger partial charge in [0.1, 0.15) is 47.6 Å². The monoisotopic (exact) mass is 1650 g/mol. The molecule has 0 saturated carbocycles. The Morgan fingerprint density at radius 3 is 1.19 bits per heavy atom. The standard InChI is InChI=1S/C14H13Cl2N3O.C14H14ClN3O2.C14H13ClN2O.C14H15N3O3.C14H15N3O2.C13H12FN3O2/c1-7-18-12(14(20)19(7)2)3-8-6-17-13-10(8)4-9(15)5-11(13)16;1-2-18-13(19)11(17-14(18)20)6-8-7-16-12-9(8)4-3-5-10(12)15;1-8-5-13(18)12(17-8)6-9-7-16-14-10(9)3-2-4-11(14)15;1-17-13(18)10(16-14(17)19)6-8-7-15-12-9(8)4-3-5-11(12)20-2;1-8-4-3-5-10-9(7-15-12(8)10)6-11-13(18)17(2)14(19)16-11;1-17-12(18)10(16-13(17)19)5-7-6-15-11-8(7)3-2-4-9(11)14/h4-6,12,17-18H,1,3H2,2H3;3-5,7,11,16H,2,6H2,1H3,(H,17,20);2-4,7,12,16-17H,1,5-6H2;3-5,7,10,15H,6H2,1-2H3,(H,16,19);3-5,7,11,15H,6H2,1-2H3,(H,16,19);2-4,6,10,15H,5H2,1H3,(H,16,19). The summed E-state index contributed by atoms with van der Waals surface area (Å²) < 4.78 is 18.8. The van der Waals surface area contributed by atoms with Crippen molar-refractivity contribution in [3.8, 4) is 5.75 Å². The first-order chi connectivity index (χ1) is 55.5. The van der Waals surface area contributed by atoms with Gasteiger partial charge >= 0.3 is 24.1 Å². The number of imide groups is 4. The van der Waals surface area contributed by atoms with E-state index < -0.39 is 30.2 Å². The second-order valence-electron chi connectivity index (χ2n) is 28.6. The van der Waals surface area contributed by atoms with E-state index in [2.05, 4.69) is 75.0 Å². The quantitative estimate of drug-likeness (QED) is 0.0451. The lowest BCUT2D eigenvalue weighted by molar-refractivity contribution is -0.128. The number of aromatic nitrogens is 6. The Bertz CT molecular complexity index is 5840. The molecule has 0 aliphatic carbocycles. The molecule has 33 heteroatoms. The van der Waals surface area contributed by atoms with Gasteiger partial charge in [-0.1, -0.05) is 126 Å². The van der Waals surface area contributed by atoms with Gasteiger partial charge in [0.05, 0.1) is 55.8 Å². The molecule has 6 atom stereocenters. The predicted molar refractivity (Wildman–Crippen MR) is 443 cm³/mol. The number of para-hydroxylation sites is 5. The number of carbonyl (C=O) groups excluding carboxylic acids is 10. The van der Waals surface area contributed by atoms with Gasteiger partial charge in [0.2, 0.25) is 0 Å². The lowest BCUT2D eigenvalue weighted by atomic mass is 10.0. The number of H-pyrrole nitrogens is 6. The molecule has 6 aliphatic rings. The zero-order chi connectivity index (χ0) is 82.8. The normalized spacial score (nSPS) is 19.1. The fourth-order valence-corrected chi connectivity index (χ4v) is 15.9. The van der Waals surface area contributed by atoms with E-state index in [1.807, 2.05) is 117 Å². The number of likely N-dealkylation sites (N-methyl/N-ethyl adjacent to an activating group) is 5. The number of carbonyl (C=O) groups is 10. The maximum absolute atomic E-state index is 13.5. The van der Waals surface area contributed by atoms with Crippen LogP contribution in [0.4, 0.5) is 23.6 Å². The zero-order valence-electron chi connectivity index (χ0n) is 63.9. The predicted octanol–water partition coefficient (Wildman–Crippen LogP) is 12.3. The second kappa shape index (κ2) is 34.2. The Morgan fingerprint density at radius 1 is 0.405 bits per heavy atom. The Labute approximate surface area is 683 Å². The molecule has 116 heavy (non-hydrogen) atoms. The number of allylic oxidation sites excluding steroid dienone is 1. The summed E-state index contributed by atoms with van der Waals surface area (Å²) in [5, 5.41) is 25.2. The number of hydrogen-bond donors (Lipinski definition) is 12. The molecule has 0 radical (unpaired) electrons. The van der Waals surface area contributed by atoms with Gasteiger partial charge in [-0.25, -0.2) is 23.6 Å². The third-order valence-corrected chi connectivity index (χ3v) is 22.4. The molecule has 0 spiro atoms. The van der Waals surface area contributed by atoms with Crippen LogP contribution < -0.4 is 36.6 Å². The van der Waals surface area contributed by atoms with Crippen LogP contribution in [0.25, 0.3) is 65.4 Å². The highest BCUT2D eigenvalue weighted by Crippen LogP contribution is 2.34. The Kier molecular flexibility index (Phi) is 24.0. The number of nitrogens with one attached hydrogen (secondary N) is 12. The molecule has 12 N–H and O–H groups in total. The number of methoxy groups -OCH3 is 1. The molecule has 18 rings (SSSR count). The van der Waals surface area contributed by atoms with Crippen molar-refractivity contribution in [3.63, 3.8) is 0 Å². The van der Waals surface area contributed by atoms with E-state index in [1.165, 1.54) is 42.6 Å². The number of hydrogen-bond acceptors (Lipinski definition) is 13. The van der Waals surface area contributed by atoms with E-state index in [0.29, 0.717) is 82.9 Å². The van der Waals surface area contributed by atoms with Crippen LogP contribution in [0.15, 0.2) is 165 Å². The Balaban J connectivity index is 0.000000121. The maximum Gasteiger partial charge on any atom is 0.324 e. The molecule has 12 aromatic rings. The maximum atomic E-state index is 13.5. The average Bonchev–Trinajstić information content (AvgIpc) is 1.61. The second-order valence-corrected chi connectivity index (χ2v) is 30.2. The summed E-state index contributed by atoms with van der Waals surface area (Å²) in [5.41, 5.74) is 12.9. The Hall–Kier alpha value is -12.6. The van der Waals surface area contributed by atoms with Crippen molar-refractivity contribution >= 4 is 171 Å². The Morgan fingerprint density at radius 2 is 0.767 bits per heavy atom. The highest BCUT2D eigenvalue weighted by atomic mass is 35.5. The number of urea groups is 4. The SMILES string of the molecule is C=C1CC(=O)C(Cc2c[nH]c3c(Cl)cccc23)N1.C=C1NC(Cc2c[nH]c3c(Cl)cc(Cl)cc23)C(=O)N1C.CCN1C(=O)NC(Cc2c[nH]c3c(Cl)cccc23)C1=O.CN1C(=O)NC(Cc2c[nH]c3c(F)cccc23)C1=O.COc1cccc2c(CC3NC(=O)N(C)C3=O)c[nH]c12.Cc1cccc2c(CC3NC(=O)N(C)C3=O)c[nH]c12. The van der Waals surface area contributed by atoms with E-state index >= 15 is 0 Å². The third kappa shape index (κ3) is 16.7. The van der Waals surface area contributed by atoms with E-state index in [1.54, 1.807) is 45.5 Å². The first-order valence-corrected chi connectivity index (χ1v) is 38.4. The summed E-state index contributed by atoms with van der Waals surface area (Å²) in [5.74, 6) is 0.448. The molecule has 6 saturated heterocycles. The van der Waals surface area contributed by atoms with Gasteiger partial charge in [0, 0.05) is 165 Å². The van der Waals surface area contributed by atoms with Crippen LogP contribution in [0.1, 0.15) is 52.3 Å². The fourth-order valence-electron chi connectivity index (χ4n) is 14.9. The molecule has 6 fully saturated rings. The van der Waals surface area contributed by atoms with Gasteiger partial charge in [-0.15, -0.1) is 0 Å². The van der Waals surface area contributed by atoms with Crippen LogP contribution in [0.3, 0.4) is 0 Å². The molecule has 600 valence electrons. The van der Waals surface area contributed by atoms with Crippen molar-refractivity contribution in [1.82, 2.24) is 86.3 Å². The highest BCUT2D eigenvalue weighted by molar-refractivity contribution is 6.38. The summed E-state index contributed by atoms with van der Waals surface area (Å²) in [7, 11) is 7.74. The van der Waals surface area contributed by atoms with Crippen LogP contribution in [0, 0.1) is 12.7 Å². The number of rotatable bonds is 14. The summed E-state index contributed by atoms with van der Waals surface area (Å²) in [6.07, 6.45) is 14.5. The van der Waals surface area contributed by atoms with Crippen molar-refractivity contribution in [2.24, 2.45) is 0 Å². The van der Waals surface area contributed by atoms with Crippen LogP contribution in [0.2, 0.25) is 20.1 Å². The van der Waals surface area contributed by atoms with Crippen LogP contribution >= 0.6 is 46.4 Å². The van der Waals surface area contributed by atoms with Crippen LogP contribution in [-0.2, 0) is 67.3 Å². The molecular weight excluding hydrogens is 1570 g/mol. The van der Waals surface area contributed by atoms with E-state index in [4.69, 9.17) is 51.1 Å². The van der Waals surface area contributed by atoms with Crippen molar-refractivity contribution in [3.05, 3.63) is 230 Å². The van der Waals surface area contributed by atoms with Gasteiger partial charge in [0.15, 0.2) is 5.78 Å². The van der Waals surface area contributed by atoms with Gasteiger partial charge in [0.25, 0.3) is 29.5 Å². The molecule has 6 unspecified atom stereocenters. The van der Waals surface area contributed by atoms with Gasteiger partial charge in [-0.3, -0.25) is 48.4 Å². The van der Waals surface area contributed by atoms with Gasteiger partial charge in [-0.2, -0.15) is 0 Å². The molecule has 28 nitrogen and oxygen atoms in total. The highest BCUT2D eigenvalue weighted by Gasteiger charge is 2.40. The lowest BCUT2D eigenvalue weighted by Gasteiger charge is -2.09. The number of aryl methyl sites for hydroxylation is 1. The number of ketones is 1. The van der Waals surface area contributed by atoms with E-state index in [9.17, 15) is 52.3 Å². The number of ether oxygens (including phenoxy) is 1. The van der Waals surface area contributed by atoms with Crippen LogP contribution in [-0.4, -0.2) is 192 Å². The largest absolute Gasteiger partial charge is 0.495 e. The number of benzene rings is 6. The third-order valence-electron chi connectivity index (χ3n) is 21.2. The molecule has 0 bridgehead atoms. The first-order valence-electron chi connectivity index (χ1n) is 36.9. The molecule has 6 aromatic heterocycles. The fraction of sp³-hybridized carbons (Fsp3) is 0.253. The number of Topliss-reactive ketones (excluding diaryl/α,β-unsaturated/α-hetero) is 1. The van der Waals surface area contributed by atoms with Gasteiger partial charge < -0.3 is 71.4 Å². The average molecular weight is 1650 g/mol. The number of amides is 13. The molecule has 6 aliphatic heterocycles. The summed E-state index contributed by atoms with van der Waals surface area (Å²) in [4.78, 5) is 142. The molecular formula is C83H82Cl4FN17O11. The minimum Gasteiger partial charge on any atom is -0.495 e. The van der Waals surface area contributed by atoms with Crippen molar-refractivity contribution in [2.75, 3.05) is 41.8 Å². The topological polar surface area (TPSA) is 363 Å². The minimum atomic E-state index is -0.584. The van der Waals surface area contributed by atoms with Gasteiger partial charge in [-0.05, 0) is 89.2 Å². The number of halogens is 5. The number of aromatic amines is 6. The smallest absolute Gasteiger partial charge is 0.324 e.